The summed E-state index contributed by atoms with van der Waals surface area (Å²) in [7, 11) is -3.01. The Morgan fingerprint density at radius 2 is 1.92 bits per heavy atom. The van der Waals surface area contributed by atoms with Crippen LogP contribution in [0.4, 0.5) is 0 Å². The van der Waals surface area contributed by atoms with E-state index in [4.69, 9.17) is 0 Å². The summed E-state index contributed by atoms with van der Waals surface area (Å²) in [5, 5.41) is 3.11. The van der Waals surface area contributed by atoms with Crippen LogP contribution < -0.4 is 10.0 Å². The van der Waals surface area contributed by atoms with Crippen LogP contribution in [0, 0.1) is 0 Å². The normalized spacial score (nSPS) is 11.8. The molecule has 0 aromatic carbocycles. The van der Waals surface area contributed by atoms with Gasteiger partial charge in [-0.15, -0.1) is 0 Å². The van der Waals surface area contributed by atoms with E-state index in [0.717, 1.165) is 18.6 Å². The van der Waals surface area contributed by atoms with Crippen molar-refractivity contribution in [3.05, 3.63) is 0 Å². The third-order valence-corrected chi connectivity index (χ3v) is 2.49. The molecule has 74 valence electrons. The van der Waals surface area contributed by atoms with Gasteiger partial charge in [0.25, 0.3) is 0 Å². The molecule has 0 fully saturated rings. The highest BCUT2D eigenvalue weighted by molar-refractivity contribution is 7.98. The molecule has 0 spiro atoms. The van der Waals surface area contributed by atoms with Gasteiger partial charge in [-0.1, -0.05) is 0 Å². The van der Waals surface area contributed by atoms with Crippen LogP contribution in [0.1, 0.15) is 0 Å². The maximum atomic E-state index is 10.6. The van der Waals surface area contributed by atoms with Gasteiger partial charge in [-0.25, -0.2) is 13.1 Å². The van der Waals surface area contributed by atoms with Gasteiger partial charge in [0, 0.05) is 25.4 Å². The molecular formula is C6H16N2O2S2. The zero-order valence-electron chi connectivity index (χ0n) is 7.46. The molecule has 0 amide bonds. The van der Waals surface area contributed by atoms with E-state index in [1.54, 1.807) is 11.8 Å². The van der Waals surface area contributed by atoms with Gasteiger partial charge in [0.15, 0.2) is 0 Å². The van der Waals surface area contributed by atoms with E-state index in [1.165, 1.54) is 0 Å². The van der Waals surface area contributed by atoms with Crippen LogP contribution in [-0.2, 0) is 10.0 Å². The number of sulfonamides is 1. The minimum absolute atomic E-state index is 0.465. The summed E-state index contributed by atoms with van der Waals surface area (Å²) < 4.78 is 23.6. The molecule has 0 unspecified atom stereocenters. The highest BCUT2D eigenvalue weighted by atomic mass is 32.2. The molecule has 0 saturated heterocycles. The van der Waals surface area contributed by atoms with Crippen molar-refractivity contribution in [2.45, 2.75) is 0 Å². The Kier molecular flexibility index (Phi) is 6.83. The monoisotopic (exact) mass is 212 g/mol. The van der Waals surface area contributed by atoms with Crippen molar-refractivity contribution in [2.75, 3.05) is 37.9 Å². The summed E-state index contributed by atoms with van der Waals surface area (Å²) in [5.41, 5.74) is 0. The lowest BCUT2D eigenvalue weighted by atomic mass is 10.6. The van der Waals surface area contributed by atoms with Crippen molar-refractivity contribution in [3.8, 4) is 0 Å². The Bertz CT molecular complexity index is 192. The van der Waals surface area contributed by atoms with Gasteiger partial charge in [0.1, 0.15) is 0 Å². The SMILES string of the molecule is CSCCNCCNS(C)(=O)=O. The molecule has 2 N–H and O–H groups in total. The fraction of sp³-hybridized carbons (Fsp3) is 1.00. The number of nitrogens with one attached hydrogen (secondary N) is 2. The molecule has 0 radical (unpaired) electrons. The van der Waals surface area contributed by atoms with Crippen molar-refractivity contribution in [1.82, 2.24) is 10.0 Å². The minimum Gasteiger partial charge on any atom is -0.315 e. The van der Waals surface area contributed by atoms with Gasteiger partial charge in [-0.2, -0.15) is 11.8 Å². The minimum atomic E-state index is -3.01. The lowest BCUT2D eigenvalue weighted by Gasteiger charge is -2.03. The second kappa shape index (κ2) is 6.71. The maximum Gasteiger partial charge on any atom is 0.208 e. The van der Waals surface area contributed by atoms with Gasteiger partial charge in [0.2, 0.25) is 10.0 Å². The maximum absolute atomic E-state index is 10.6. The molecule has 6 heteroatoms. The Labute approximate surface area is 78.5 Å². The molecule has 0 aliphatic carbocycles. The molecule has 4 nitrogen and oxygen atoms in total. The van der Waals surface area contributed by atoms with Gasteiger partial charge in [0.05, 0.1) is 6.26 Å². The molecule has 0 aromatic heterocycles. The van der Waals surface area contributed by atoms with Crippen LogP contribution in [0.15, 0.2) is 0 Å². The predicted molar refractivity (Wildman–Crippen MR) is 54.1 cm³/mol. The lowest BCUT2D eigenvalue weighted by Crippen LogP contribution is -2.31. The van der Waals surface area contributed by atoms with Crippen LogP contribution >= 0.6 is 11.8 Å². The zero-order valence-corrected chi connectivity index (χ0v) is 9.09. The number of hydrogen-bond acceptors (Lipinski definition) is 4. The average Bonchev–Trinajstić information content (AvgIpc) is 1.94. The second-order valence-corrected chi connectivity index (χ2v) is 5.23. The lowest BCUT2D eigenvalue weighted by molar-refractivity contribution is 0.583. The summed E-state index contributed by atoms with van der Waals surface area (Å²) in [5.74, 6) is 1.05. The fourth-order valence-electron chi connectivity index (χ4n) is 0.624. The average molecular weight is 212 g/mol. The first-order valence-electron chi connectivity index (χ1n) is 3.70. The van der Waals surface area contributed by atoms with Crippen LogP contribution in [0.25, 0.3) is 0 Å². The summed E-state index contributed by atoms with van der Waals surface area (Å²) in [6.07, 6.45) is 3.20. The van der Waals surface area contributed by atoms with Gasteiger partial charge >= 0.3 is 0 Å². The van der Waals surface area contributed by atoms with Gasteiger partial charge < -0.3 is 5.32 Å². The van der Waals surface area contributed by atoms with E-state index >= 15 is 0 Å². The number of hydrogen-bond donors (Lipinski definition) is 2. The van der Waals surface area contributed by atoms with E-state index in [2.05, 4.69) is 10.0 Å². The number of rotatable bonds is 7. The van der Waals surface area contributed by atoms with Crippen LogP contribution in [0.2, 0.25) is 0 Å². The fourth-order valence-corrected chi connectivity index (χ4v) is 1.45. The first-order valence-corrected chi connectivity index (χ1v) is 6.99. The quantitative estimate of drug-likeness (QED) is 0.558. The molecule has 0 bridgehead atoms. The molecule has 12 heavy (non-hydrogen) atoms. The third kappa shape index (κ3) is 10.2. The summed E-state index contributed by atoms with van der Waals surface area (Å²) in [6.45, 7) is 2.08. The first-order chi connectivity index (χ1) is 5.56. The smallest absolute Gasteiger partial charge is 0.208 e. The van der Waals surface area contributed by atoms with E-state index in [9.17, 15) is 8.42 Å². The molecule has 0 heterocycles. The summed E-state index contributed by atoms with van der Waals surface area (Å²) >= 11 is 1.76. The van der Waals surface area contributed by atoms with Crippen LogP contribution in [0.3, 0.4) is 0 Å². The van der Waals surface area contributed by atoms with E-state index in [-0.39, 0.29) is 0 Å². The Balaban J connectivity index is 3.12. The van der Waals surface area contributed by atoms with Gasteiger partial charge in [-0.3, -0.25) is 0 Å². The number of thioether (sulfide) groups is 1. The molecule has 0 aliphatic heterocycles. The molecular weight excluding hydrogens is 196 g/mol. The first kappa shape index (κ1) is 12.2. The Hall–Kier alpha value is 0.220. The second-order valence-electron chi connectivity index (χ2n) is 2.41. The topological polar surface area (TPSA) is 58.2 Å². The standard InChI is InChI=1S/C6H16N2O2S2/c1-11-6-5-7-3-4-8-12(2,9)10/h7-8H,3-6H2,1-2H3. The third-order valence-electron chi connectivity index (χ3n) is 1.15. The summed E-state index contributed by atoms with van der Waals surface area (Å²) in [4.78, 5) is 0. The van der Waals surface area contributed by atoms with Crippen molar-refractivity contribution >= 4 is 21.8 Å². The molecule has 0 atom stereocenters. The van der Waals surface area contributed by atoms with E-state index < -0.39 is 10.0 Å². The molecule has 0 aliphatic rings. The molecule has 0 saturated carbocycles. The van der Waals surface area contributed by atoms with Crippen molar-refractivity contribution in [2.24, 2.45) is 0 Å². The van der Waals surface area contributed by atoms with E-state index in [0.29, 0.717) is 13.1 Å². The van der Waals surface area contributed by atoms with Crippen molar-refractivity contribution in [3.63, 3.8) is 0 Å². The van der Waals surface area contributed by atoms with Crippen LogP contribution in [0.5, 0.6) is 0 Å². The highest BCUT2D eigenvalue weighted by Gasteiger charge is 1.97. The van der Waals surface area contributed by atoms with Gasteiger partial charge in [-0.05, 0) is 6.26 Å². The summed E-state index contributed by atoms with van der Waals surface area (Å²) in [6, 6.07) is 0. The van der Waals surface area contributed by atoms with Crippen LogP contribution in [-0.4, -0.2) is 46.3 Å². The predicted octanol–water partition coefficient (Wildman–Crippen LogP) is -0.512. The Morgan fingerprint density at radius 1 is 1.25 bits per heavy atom. The zero-order chi connectivity index (χ0) is 9.45. The van der Waals surface area contributed by atoms with E-state index in [1.807, 2.05) is 6.26 Å². The Morgan fingerprint density at radius 3 is 2.42 bits per heavy atom. The highest BCUT2D eigenvalue weighted by Crippen LogP contribution is 1.86. The molecule has 0 rings (SSSR count). The largest absolute Gasteiger partial charge is 0.315 e. The van der Waals surface area contributed by atoms with Crippen molar-refractivity contribution in [1.29, 1.82) is 0 Å². The molecule has 0 aromatic rings. The van der Waals surface area contributed by atoms with Crippen molar-refractivity contribution < 1.29 is 8.42 Å².